The molecule has 0 aromatic heterocycles. The van der Waals surface area contributed by atoms with Crippen LogP contribution in [0.2, 0.25) is 0 Å². The molecule has 6 nitrogen and oxygen atoms in total. The molecule has 1 aliphatic rings. The number of rotatable bonds is 4. The first-order valence-electron chi connectivity index (χ1n) is 6.58. The lowest BCUT2D eigenvalue weighted by Gasteiger charge is -2.29. The average Bonchev–Trinajstić information content (AvgIpc) is 2.43. The summed E-state index contributed by atoms with van der Waals surface area (Å²) >= 11 is 0. The molecule has 1 unspecified atom stereocenters. The van der Waals surface area contributed by atoms with E-state index in [0.717, 1.165) is 6.07 Å². The fourth-order valence-corrected chi connectivity index (χ4v) is 3.58. The summed E-state index contributed by atoms with van der Waals surface area (Å²) in [4.78, 5) is 12.9. The summed E-state index contributed by atoms with van der Waals surface area (Å²) in [5, 5.41) is 0. The van der Waals surface area contributed by atoms with Crippen molar-refractivity contribution in [1.29, 1.82) is 0 Å². The van der Waals surface area contributed by atoms with Crippen LogP contribution in [0.5, 0.6) is 0 Å². The van der Waals surface area contributed by atoms with E-state index < -0.39 is 15.8 Å². The van der Waals surface area contributed by atoms with Crippen molar-refractivity contribution >= 4 is 15.9 Å². The third-order valence-corrected chi connectivity index (χ3v) is 5.01. The number of nitrogens with zero attached hydrogens (tertiary/aromatic N) is 1. The van der Waals surface area contributed by atoms with Crippen LogP contribution in [0.1, 0.15) is 18.4 Å². The van der Waals surface area contributed by atoms with Crippen LogP contribution in [-0.2, 0) is 21.4 Å². The standard InChI is InChI=1S/C13H18FN3O3S/c1-17-8-10(2-5-13(17)18)16-21(19,20)11-3-4-12(14)9(6-11)7-15/h3-4,6,10,16H,2,5,7-8,15H2,1H3. The summed E-state index contributed by atoms with van der Waals surface area (Å²) in [7, 11) is -2.13. The van der Waals surface area contributed by atoms with Crippen LogP contribution in [0.3, 0.4) is 0 Å². The first kappa shape index (κ1) is 15.9. The van der Waals surface area contributed by atoms with Crippen molar-refractivity contribution in [3.05, 3.63) is 29.6 Å². The number of sulfonamides is 1. The summed E-state index contributed by atoms with van der Waals surface area (Å²) in [5.74, 6) is -0.530. The highest BCUT2D eigenvalue weighted by Gasteiger charge is 2.27. The lowest BCUT2D eigenvalue weighted by molar-refractivity contribution is -0.132. The summed E-state index contributed by atoms with van der Waals surface area (Å²) in [5.41, 5.74) is 5.53. The number of nitrogens with two attached hydrogens (primary N) is 1. The summed E-state index contributed by atoms with van der Waals surface area (Å²) < 4.78 is 40.5. The van der Waals surface area contributed by atoms with Gasteiger partial charge in [0, 0.05) is 38.2 Å². The third-order valence-electron chi connectivity index (χ3n) is 3.50. The van der Waals surface area contributed by atoms with Gasteiger partial charge in [0.25, 0.3) is 0 Å². The molecule has 0 radical (unpaired) electrons. The zero-order chi connectivity index (χ0) is 15.6. The Morgan fingerprint density at radius 2 is 2.19 bits per heavy atom. The highest BCUT2D eigenvalue weighted by Crippen LogP contribution is 2.17. The number of likely N-dealkylation sites (N-methyl/N-ethyl adjacent to an activating group) is 1. The molecule has 1 amide bonds. The molecular weight excluding hydrogens is 297 g/mol. The van der Waals surface area contributed by atoms with Crippen molar-refractivity contribution in [2.75, 3.05) is 13.6 Å². The number of benzene rings is 1. The Kier molecular flexibility index (Phi) is 4.60. The molecule has 116 valence electrons. The van der Waals surface area contributed by atoms with Gasteiger partial charge in [-0.3, -0.25) is 4.79 Å². The minimum atomic E-state index is -3.76. The lowest BCUT2D eigenvalue weighted by Crippen LogP contribution is -2.48. The second-order valence-electron chi connectivity index (χ2n) is 5.09. The highest BCUT2D eigenvalue weighted by atomic mass is 32.2. The zero-order valence-electron chi connectivity index (χ0n) is 11.7. The van der Waals surface area contributed by atoms with E-state index >= 15 is 0 Å². The van der Waals surface area contributed by atoms with Crippen LogP contribution in [-0.4, -0.2) is 38.9 Å². The van der Waals surface area contributed by atoms with Crippen LogP contribution in [0.15, 0.2) is 23.1 Å². The van der Waals surface area contributed by atoms with Gasteiger partial charge < -0.3 is 10.6 Å². The molecule has 0 saturated carbocycles. The van der Waals surface area contributed by atoms with Gasteiger partial charge in [-0.15, -0.1) is 0 Å². The minimum absolute atomic E-state index is 0.00218. The number of carbonyl (C=O) groups excluding carboxylic acids is 1. The second-order valence-corrected chi connectivity index (χ2v) is 6.80. The number of carbonyl (C=O) groups is 1. The SMILES string of the molecule is CN1CC(NS(=O)(=O)c2ccc(F)c(CN)c2)CCC1=O. The molecule has 1 aromatic carbocycles. The second kappa shape index (κ2) is 6.08. The Labute approximate surface area is 123 Å². The molecule has 1 fully saturated rings. The van der Waals surface area contributed by atoms with Crippen molar-refractivity contribution in [3.63, 3.8) is 0 Å². The van der Waals surface area contributed by atoms with E-state index in [1.54, 1.807) is 7.05 Å². The molecule has 3 N–H and O–H groups in total. The molecule has 8 heteroatoms. The highest BCUT2D eigenvalue weighted by molar-refractivity contribution is 7.89. The fraction of sp³-hybridized carbons (Fsp3) is 0.462. The lowest BCUT2D eigenvalue weighted by atomic mass is 10.1. The predicted octanol–water partition coefficient (Wildman–Crippen LogP) is 0.183. The number of hydrogen-bond donors (Lipinski definition) is 2. The molecule has 21 heavy (non-hydrogen) atoms. The number of likely N-dealkylation sites (tertiary alicyclic amines) is 1. The zero-order valence-corrected chi connectivity index (χ0v) is 12.5. The minimum Gasteiger partial charge on any atom is -0.344 e. The number of halogens is 1. The fourth-order valence-electron chi connectivity index (χ4n) is 2.27. The molecule has 0 aliphatic carbocycles. The summed E-state index contributed by atoms with van der Waals surface area (Å²) in [6, 6.07) is 3.18. The molecule has 1 atom stereocenters. The van der Waals surface area contributed by atoms with Crippen LogP contribution < -0.4 is 10.5 Å². The van der Waals surface area contributed by atoms with Gasteiger partial charge in [0.2, 0.25) is 15.9 Å². The van der Waals surface area contributed by atoms with Gasteiger partial charge in [-0.05, 0) is 24.6 Å². The maximum absolute atomic E-state index is 13.4. The molecule has 0 bridgehead atoms. The van der Waals surface area contributed by atoms with Crippen molar-refractivity contribution < 1.29 is 17.6 Å². The van der Waals surface area contributed by atoms with Gasteiger partial charge in [0.1, 0.15) is 5.82 Å². The van der Waals surface area contributed by atoms with Crippen molar-refractivity contribution in [2.24, 2.45) is 5.73 Å². The Bertz CT molecular complexity index is 648. The monoisotopic (exact) mass is 315 g/mol. The molecule has 0 spiro atoms. The third kappa shape index (κ3) is 3.58. The average molecular weight is 315 g/mol. The van der Waals surface area contributed by atoms with Crippen LogP contribution in [0, 0.1) is 5.82 Å². The quantitative estimate of drug-likeness (QED) is 0.829. The van der Waals surface area contributed by atoms with E-state index in [0.29, 0.717) is 19.4 Å². The maximum atomic E-state index is 13.4. The number of nitrogens with one attached hydrogen (secondary N) is 1. The molecule has 1 aliphatic heterocycles. The Morgan fingerprint density at radius 1 is 1.48 bits per heavy atom. The van der Waals surface area contributed by atoms with Gasteiger partial charge in [-0.25, -0.2) is 17.5 Å². The molecule has 1 saturated heterocycles. The Morgan fingerprint density at radius 3 is 2.81 bits per heavy atom. The van der Waals surface area contributed by atoms with E-state index in [9.17, 15) is 17.6 Å². The topological polar surface area (TPSA) is 92.5 Å². The van der Waals surface area contributed by atoms with Gasteiger partial charge in [0.15, 0.2) is 0 Å². The number of amides is 1. The predicted molar refractivity (Wildman–Crippen MR) is 75.3 cm³/mol. The molecule has 2 rings (SSSR count). The number of piperidine rings is 1. The van der Waals surface area contributed by atoms with E-state index in [4.69, 9.17) is 5.73 Å². The largest absolute Gasteiger partial charge is 0.344 e. The van der Waals surface area contributed by atoms with Crippen LogP contribution >= 0.6 is 0 Å². The normalized spacial score (nSPS) is 19.9. The first-order chi connectivity index (χ1) is 9.83. The van der Waals surface area contributed by atoms with Crippen LogP contribution in [0.25, 0.3) is 0 Å². The van der Waals surface area contributed by atoms with E-state index in [1.807, 2.05) is 0 Å². The maximum Gasteiger partial charge on any atom is 0.240 e. The summed E-state index contributed by atoms with van der Waals surface area (Å²) in [6.07, 6.45) is 0.758. The van der Waals surface area contributed by atoms with Gasteiger partial charge >= 0.3 is 0 Å². The van der Waals surface area contributed by atoms with Crippen molar-refractivity contribution in [1.82, 2.24) is 9.62 Å². The smallest absolute Gasteiger partial charge is 0.240 e. The Hall–Kier alpha value is -1.51. The van der Waals surface area contributed by atoms with Gasteiger partial charge in [-0.2, -0.15) is 0 Å². The number of hydrogen-bond acceptors (Lipinski definition) is 4. The van der Waals surface area contributed by atoms with E-state index in [-0.39, 0.29) is 29.0 Å². The first-order valence-corrected chi connectivity index (χ1v) is 8.06. The van der Waals surface area contributed by atoms with Crippen molar-refractivity contribution in [2.45, 2.75) is 30.3 Å². The van der Waals surface area contributed by atoms with E-state index in [2.05, 4.69) is 4.72 Å². The van der Waals surface area contributed by atoms with Gasteiger partial charge in [-0.1, -0.05) is 0 Å². The molecular formula is C13H18FN3O3S. The van der Waals surface area contributed by atoms with Crippen molar-refractivity contribution in [3.8, 4) is 0 Å². The summed E-state index contributed by atoms with van der Waals surface area (Å²) in [6.45, 7) is 0.249. The van der Waals surface area contributed by atoms with E-state index in [1.165, 1.54) is 17.0 Å². The molecule has 1 heterocycles. The Balaban J connectivity index is 2.17. The molecule has 1 aromatic rings. The van der Waals surface area contributed by atoms with Crippen LogP contribution in [0.4, 0.5) is 4.39 Å². The van der Waals surface area contributed by atoms with Gasteiger partial charge in [0.05, 0.1) is 4.90 Å².